The van der Waals surface area contributed by atoms with Gasteiger partial charge in [0, 0.05) is 6.07 Å². The van der Waals surface area contributed by atoms with Crippen LogP contribution in [0.2, 0.25) is 0 Å². The van der Waals surface area contributed by atoms with E-state index in [1.807, 2.05) is 0 Å². The fourth-order valence-corrected chi connectivity index (χ4v) is 3.88. The number of halogens is 1. The van der Waals surface area contributed by atoms with E-state index in [-0.39, 0.29) is 33.5 Å². The predicted octanol–water partition coefficient (Wildman–Crippen LogP) is 3.88. The van der Waals surface area contributed by atoms with E-state index >= 15 is 0 Å². The van der Waals surface area contributed by atoms with Gasteiger partial charge in [0.05, 0.1) is 10.8 Å². The van der Waals surface area contributed by atoms with E-state index in [2.05, 4.69) is 4.98 Å². The fraction of sp³-hybridized carbons (Fsp3) is 0.350. The molecule has 1 aliphatic rings. The molecule has 1 aliphatic carbocycles. The summed E-state index contributed by atoms with van der Waals surface area (Å²) in [7, 11) is 0. The van der Waals surface area contributed by atoms with Crippen molar-refractivity contribution in [3.05, 3.63) is 45.4 Å². The molecule has 4 rings (SSSR count). The number of fused-ring (bicyclic) bond motifs is 2. The zero-order valence-electron chi connectivity index (χ0n) is 14.6. The highest BCUT2D eigenvalue weighted by molar-refractivity contribution is 5.98. The van der Waals surface area contributed by atoms with E-state index in [1.54, 1.807) is 0 Å². The summed E-state index contributed by atoms with van der Waals surface area (Å²) in [6.45, 7) is 0. The van der Waals surface area contributed by atoms with Crippen molar-refractivity contribution in [2.24, 2.45) is 5.92 Å². The summed E-state index contributed by atoms with van der Waals surface area (Å²) in [5.41, 5.74) is 5.34. The van der Waals surface area contributed by atoms with Crippen molar-refractivity contribution in [3.63, 3.8) is 0 Å². The van der Waals surface area contributed by atoms with Crippen LogP contribution in [0.15, 0.2) is 27.4 Å². The van der Waals surface area contributed by atoms with Crippen molar-refractivity contribution in [2.75, 3.05) is 5.73 Å². The molecule has 0 radical (unpaired) electrons. The minimum Gasteiger partial charge on any atom is -0.478 e. The van der Waals surface area contributed by atoms with Gasteiger partial charge in [-0.1, -0.05) is 25.7 Å². The molecule has 2 aromatic heterocycles. The SMILES string of the molecule is Nc1nc2oc3cc(F)c(CCC4CCCC4)cc3c(=O)c2cc1C(=O)O. The van der Waals surface area contributed by atoms with Crippen LogP contribution in [0.5, 0.6) is 0 Å². The lowest BCUT2D eigenvalue weighted by Gasteiger charge is -2.10. The number of rotatable bonds is 4. The van der Waals surface area contributed by atoms with Crippen LogP contribution in [-0.2, 0) is 6.42 Å². The van der Waals surface area contributed by atoms with E-state index in [0.717, 1.165) is 12.5 Å². The first-order valence-corrected chi connectivity index (χ1v) is 9.03. The molecule has 7 heteroatoms. The van der Waals surface area contributed by atoms with Crippen LogP contribution in [0.25, 0.3) is 22.1 Å². The first kappa shape index (κ1) is 17.5. The Labute approximate surface area is 153 Å². The van der Waals surface area contributed by atoms with Gasteiger partial charge in [-0.2, -0.15) is 4.98 Å². The molecule has 0 atom stereocenters. The van der Waals surface area contributed by atoms with Crippen molar-refractivity contribution < 1.29 is 18.7 Å². The van der Waals surface area contributed by atoms with Gasteiger partial charge < -0.3 is 15.3 Å². The highest BCUT2D eigenvalue weighted by Crippen LogP contribution is 2.30. The predicted molar refractivity (Wildman–Crippen MR) is 99.4 cm³/mol. The number of benzene rings is 1. The summed E-state index contributed by atoms with van der Waals surface area (Å²) >= 11 is 0. The topological polar surface area (TPSA) is 106 Å². The van der Waals surface area contributed by atoms with E-state index < -0.39 is 17.2 Å². The number of aromatic carboxylic acids is 1. The Morgan fingerprint density at radius 2 is 2.00 bits per heavy atom. The molecule has 1 saturated carbocycles. The van der Waals surface area contributed by atoms with Gasteiger partial charge in [0.1, 0.15) is 22.8 Å². The molecule has 6 nitrogen and oxygen atoms in total. The second-order valence-corrected chi connectivity index (χ2v) is 7.14. The maximum absolute atomic E-state index is 14.5. The number of nitrogen functional groups attached to an aromatic ring is 1. The molecular formula is C20H19FN2O4. The number of nitrogens with two attached hydrogens (primary N) is 1. The van der Waals surface area contributed by atoms with Gasteiger partial charge in [-0.05, 0) is 36.5 Å². The lowest BCUT2D eigenvalue weighted by Crippen LogP contribution is -2.10. The Balaban J connectivity index is 1.82. The molecule has 3 aromatic rings. The van der Waals surface area contributed by atoms with E-state index in [0.29, 0.717) is 17.9 Å². The number of anilines is 1. The summed E-state index contributed by atoms with van der Waals surface area (Å²) in [6, 6.07) is 3.87. The highest BCUT2D eigenvalue weighted by Gasteiger charge is 2.19. The Hall–Kier alpha value is -2.96. The second kappa shape index (κ2) is 6.64. The van der Waals surface area contributed by atoms with Gasteiger partial charge in [0.25, 0.3) is 0 Å². The third-order valence-corrected chi connectivity index (χ3v) is 5.39. The van der Waals surface area contributed by atoms with E-state index in [4.69, 9.17) is 10.2 Å². The molecular weight excluding hydrogens is 351 g/mol. The number of carboxylic acids is 1. The largest absolute Gasteiger partial charge is 0.478 e. The third-order valence-electron chi connectivity index (χ3n) is 5.39. The lowest BCUT2D eigenvalue weighted by molar-refractivity contribution is 0.0698. The molecule has 1 aromatic carbocycles. The molecule has 27 heavy (non-hydrogen) atoms. The molecule has 0 unspecified atom stereocenters. The van der Waals surface area contributed by atoms with Gasteiger partial charge in [0.2, 0.25) is 11.1 Å². The Morgan fingerprint density at radius 1 is 1.26 bits per heavy atom. The fourth-order valence-electron chi connectivity index (χ4n) is 3.88. The molecule has 1 fully saturated rings. The maximum Gasteiger partial charge on any atom is 0.339 e. The molecule has 2 heterocycles. The van der Waals surface area contributed by atoms with Gasteiger partial charge in [-0.3, -0.25) is 4.79 Å². The summed E-state index contributed by atoms with van der Waals surface area (Å²) in [4.78, 5) is 27.9. The molecule has 0 saturated heterocycles. The maximum atomic E-state index is 14.5. The Morgan fingerprint density at radius 3 is 2.70 bits per heavy atom. The quantitative estimate of drug-likeness (QED) is 0.675. The van der Waals surface area contributed by atoms with E-state index in [1.165, 1.54) is 37.8 Å². The lowest BCUT2D eigenvalue weighted by atomic mass is 9.97. The number of pyridine rings is 1. The first-order valence-electron chi connectivity index (χ1n) is 9.03. The van der Waals surface area contributed by atoms with Crippen LogP contribution in [0.1, 0.15) is 48.0 Å². The molecule has 0 spiro atoms. The Bertz CT molecular complexity index is 1120. The van der Waals surface area contributed by atoms with Crippen LogP contribution in [0.4, 0.5) is 10.2 Å². The number of aromatic nitrogens is 1. The Kier molecular flexibility index (Phi) is 4.30. The standard InChI is InChI=1S/C20H19FN2O4/c21-15-9-16-12(7-11(15)6-5-10-3-1-2-4-10)17(24)13-8-14(20(25)26)18(22)23-19(13)27-16/h7-10H,1-6H2,(H2,22,23)(H,25,26). The van der Waals surface area contributed by atoms with Gasteiger partial charge in [0.15, 0.2) is 0 Å². The minimum absolute atomic E-state index is 0.0162. The minimum atomic E-state index is -1.28. The van der Waals surface area contributed by atoms with Crippen molar-refractivity contribution in [1.82, 2.24) is 4.98 Å². The summed E-state index contributed by atoms with van der Waals surface area (Å²) in [5, 5.41) is 9.41. The second-order valence-electron chi connectivity index (χ2n) is 7.14. The monoisotopic (exact) mass is 370 g/mol. The number of hydrogen-bond donors (Lipinski definition) is 2. The van der Waals surface area contributed by atoms with E-state index in [9.17, 15) is 19.1 Å². The van der Waals surface area contributed by atoms with Gasteiger partial charge in [-0.15, -0.1) is 0 Å². The van der Waals surface area contributed by atoms with Crippen molar-refractivity contribution in [3.8, 4) is 0 Å². The number of nitrogens with zero attached hydrogens (tertiary/aromatic N) is 1. The zero-order chi connectivity index (χ0) is 19.1. The van der Waals surface area contributed by atoms with Crippen LogP contribution in [-0.4, -0.2) is 16.1 Å². The normalized spacial score (nSPS) is 15.0. The molecule has 3 N–H and O–H groups in total. The third kappa shape index (κ3) is 3.13. The van der Waals surface area contributed by atoms with Crippen molar-refractivity contribution in [2.45, 2.75) is 38.5 Å². The number of hydrogen-bond acceptors (Lipinski definition) is 5. The van der Waals surface area contributed by atoms with Crippen LogP contribution in [0.3, 0.4) is 0 Å². The van der Waals surface area contributed by atoms with Crippen LogP contribution in [0, 0.1) is 11.7 Å². The molecule has 0 amide bonds. The van der Waals surface area contributed by atoms with Gasteiger partial charge >= 0.3 is 5.97 Å². The summed E-state index contributed by atoms with van der Waals surface area (Å²) < 4.78 is 20.0. The smallest absolute Gasteiger partial charge is 0.339 e. The average molecular weight is 370 g/mol. The van der Waals surface area contributed by atoms with Gasteiger partial charge in [-0.25, -0.2) is 9.18 Å². The highest BCUT2D eigenvalue weighted by atomic mass is 19.1. The number of carbonyl (C=O) groups is 1. The average Bonchev–Trinajstić information content (AvgIpc) is 3.13. The zero-order valence-corrected chi connectivity index (χ0v) is 14.6. The summed E-state index contributed by atoms with van der Waals surface area (Å²) in [5.74, 6) is -1.35. The van der Waals surface area contributed by atoms with Crippen molar-refractivity contribution in [1.29, 1.82) is 0 Å². The van der Waals surface area contributed by atoms with Crippen LogP contribution < -0.4 is 11.2 Å². The number of aryl methyl sites for hydroxylation is 1. The van der Waals surface area contributed by atoms with Crippen molar-refractivity contribution >= 4 is 33.9 Å². The van der Waals surface area contributed by atoms with Crippen LogP contribution >= 0.6 is 0 Å². The molecule has 140 valence electrons. The molecule has 0 aliphatic heterocycles. The molecule has 0 bridgehead atoms. The number of carboxylic acid groups (broad SMARTS) is 1. The first-order chi connectivity index (χ1) is 12.9. The summed E-state index contributed by atoms with van der Waals surface area (Å²) in [6.07, 6.45) is 6.25.